The van der Waals surface area contributed by atoms with Crippen LogP contribution in [0.15, 0.2) is 64.5 Å². The highest BCUT2D eigenvalue weighted by atomic mass is 32.2. The Morgan fingerprint density at radius 3 is 2.57 bits per heavy atom. The van der Waals surface area contributed by atoms with Gasteiger partial charge in [-0.1, -0.05) is 49.0 Å². The molecule has 4 aromatic rings. The first kappa shape index (κ1) is 19.9. The first-order valence-electron chi connectivity index (χ1n) is 9.80. The fourth-order valence-corrected chi connectivity index (χ4v) is 4.47. The maximum Gasteiger partial charge on any atom is 0.262 e. The molecule has 0 unspecified atom stereocenters. The molecular formula is C23H21N5OS. The number of aryl methyl sites for hydroxylation is 1. The predicted octanol–water partition coefficient (Wildman–Crippen LogP) is 4.46. The molecule has 6 nitrogen and oxygen atoms in total. The molecule has 7 heteroatoms. The van der Waals surface area contributed by atoms with Crippen molar-refractivity contribution in [2.45, 2.75) is 37.7 Å². The smallest absolute Gasteiger partial charge is 0.262 e. The van der Waals surface area contributed by atoms with Crippen molar-refractivity contribution in [3.05, 3.63) is 81.9 Å². The van der Waals surface area contributed by atoms with Crippen LogP contribution >= 0.6 is 11.8 Å². The van der Waals surface area contributed by atoms with Crippen LogP contribution in [0.5, 0.6) is 0 Å². The van der Waals surface area contributed by atoms with E-state index < -0.39 is 0 Å². The van der Waals surface area contributed by atoms with Crippen molar-refractivity contribution < 1.29 is 0 Å². The summed E-state index contributed by atoms with van der Waals surface area (Å²) < 4.78 is 3.54. The molecule has 0 fully saturated rings. The molecule has 30 heavy (non-hydrogen) atoms. The topological polar surface area (TPSA) is 76.5 Å². The number of hydrogen-bond acceptors (Lipinski definition) is 5. The molecule has 0 saturated carbocycles. The summed E-state index contributed by atoms with van der Waals surface area (Å²) >= 11 is 1.46. The number of thioether (sulfide) groups is 1. The van der Waals surface area contributed by atoms with Crippen molar-refractivity contribution in [2.75, 3.05) is 0 Å². The zero-order chi connectivity index (χ0) is 21.1. The zero-order valence-electron chi connectivity index (χ0n) is 16.9. The van der Waals surface area contributed by atoms with Crippen molar-refractivity contribution in [1.82, 2.24) is 19.3 Å². The van der Waals surface area contributed by atoms with Crippen LogP contribution in [0.4, 0.5) is 0 Å². The van der Waals surface area contributed by atoms with Gasteiger partial charge in [-0.3, -0.25) is 9.36 Å². The second-order valence-corrected chi connectivity index (χ2v) is 7.87. The SMILES string of the molecule is CCCn1c(SCc2c(C#N)c(C)nn2-c2ccccc2)nc2ccccc2c1=O. The molecule has 0 saturated heterocycles. The lowest BCUT2D eigenvalue weighted by molar-refractivity contribution is 0.584. The Morgan fingerprint density at radius 2 is 1.83 bits per heavy atom. The van der Waals surface area contributed by atoms with Crippen molar-refractivity contribution in [1.29, 1.82) is 5.26 Å². The van der Waals surface area contributed by atoms with Gasteiger partial charge in [-0.2, -0.15) is 10.4 Å². The molecule has 0 spiro atoms. The van der Waals surface area contributed by atoms with Crippen molar-refractivity contribution in [3.63, 3.8) is 0 Å². The standard InChI is InChI=1S/C23H21N5OS/c1-3-13-27-22(29)18-11-7-8-12-20(18)25-23(27)30-15-21-19(14-24)16(2)26-28(21)17-9-5-4-6-10-17/h4-12H,3,13,15H2,1-2H3. The summed E-state index contributed by atoms with van der Waals surface area (Å²) in [6.45, 7) is 4.48. The van der Waals surface area contributed by atoms with E-state index in [9.17, 15) is 10.1 Å². The van der Waals surface area contributed by atoms with Gasteiger partial charge in [-0.25, -0.2) is 9.67 Å². The van der Waals surface area contributed by atoms with Gasteiger partial charge in [0, 0.05) is 12.3 Å². The molecule has 0 aliphatic rings. The van der Waals surface area contributed by atoms with Crippen LogP contribution in [-0.2, 0) is 12.3 Å². The molecule has 0 atom stereocenters. The molecule has 2 heterocycles. The summed E-state index contributed by atoms with van der Waals surface area (Å²) in [5.41, 5.74) is 3.61. The molecule has 150 valence electrons. The lowest BCUT2D eigenvalue weighted by Crippen LogP contribution is -2.23. The van der Waals surface area contributed by atoms with E-state index in [2.05, 4.69) is 11.2 Å². The number of fused-ring (bicyclic) bond motifs is 1. The predicted molar refractivity (Wildman–Crippen MR) is 119 cm³/mol. The minimum atomic E-state index is -0.0294. The largest absolute Gasteiger partial charge is 0.287 e. The van der Waals surface area contributed by atoms with Crippen LogP contribution in [0.2, 0.25) is 0 Å². The molecule has 0 aliphatic carbocycles. The van der Waals surface area contributed by atoms with Gasteiger partial charge < -0.3 is 0 Å². The number of rotatable bonds is 6. The number of aromatic nitrogens is 4. The van der Waals surface area contributed by atoms with Crippen molar-refractivity contribution in [2.24, 2.45) is 0 Å². The quantitative estimate of drug-likeness (QED) is 0.343. The Kier molecular flexibility index (Phi) is 5.68. The van der Waals surface area contributed by atoms with Gasteiger partial charge in [0.05, 0.1) is 33.5 Å². The maximum atomic E-state index is 13.0. The Morgan fingerprint density at radius 1 is 1.10 bits per heavy atom. The van der Waals surface area contributed by atoms with E-state index in [0.717, 1.165) is 17.8 Å². The van der Waals surface area contributed by atoms with Crippen LogP contribution in [0, 0.1) is 18.3 Å². The zero-order valence-corrected chi connectivity index (χ0v) is 17.7. The fourth-order valence-electron chi connectivity index (χ4n) is 3.45. The van der Waals surface area contributed by atoms with Crippen molar-refractivity contribution in [3.8, 4) is 11.8 Å². The highest BCUT2D eigenvalue weighted by molar-refractivity contribution is 7.98. The van der Waals surface area contributed by atoms with Gasteiger partial charge in [-0.05, 0) is 37.6 Å². The molecule has 0 radical (unpaired) electrons. The number of nitriles is 1. The molecule has 2 aromatic heterocycles. The highest BCUT2D eigenvalue weighted by Crippen LogP contribution is 2.27. The Balaban J connectivity index is 1.77. The van der Waals surface area contributed by atoms with E-state index in [0.29, 0.717) is 39.6 Å². The second kappa shape index (κ2) is 8.56. The average molecular weight is 416 g/mol. The lowest BCUT2D eigenvalue weighted by Gasteiger charge is -2.13. The van der Waals surface area contributed by atoms with Crippen LogP contribution < -0.4 is 5.56 Å². The average Bonchev–Trinajstić information content (AvgIpc) is 3.10. The van der Waals surface area contributed by atoms with Gasteiger partial charge in [0.25, 0.3) is 5.56 Å². The van der Waals surface area contributed by atoms with Crippen LogP contribution in [0.3, 0.4) is 0 Å². The molecule has 0 amide bonds. The normalized spacial score (nSPS) is 11.0. The van der Waals surface area contributed by atoms with Crippen molar-refractivity contribution >= 4 is 22.7 Å². The van der Waals surface area contributed by atoms with Gasteiger partial charge in [0.2, 0.25) is 0 Å². The second-order valence-electron chi connectivity index (χ2n) is 6.92. The fraction of sp³-hybridized carbons (Fsp3) is 0.217. The van der Waals surface area contributed by atoms with Gasteiger partial charge >= 0.3 is 0 Å². The monoisotopic (exact) mass is 415 g/mol. The summed E-state index contributed by atoms with van der Waals surface area (Å²) in [5.74, 6) is 0.479. The Bertz CT molecular complexity index is 1300. The molecule has 4 rings (SSSR count). The first-order valence-corrected chi connectivity index (χ1v) is 10.8. The first-order chi connectivity index (χ1) is 14.6. The number of para-hydroxylation sites is 2. The molecule has 0 bridgehead atoms. The van der Waals surface area contributed by atoms with E-state index in [-0.39, 0.29) is 5.56 Å². The summed E-state index contributed by atoms with van der Waals surface area (Å²) in [7, 11) is 0. The third-order valence-corrected chi connectivity index (χ3v) is 5.87. The number of hydrogen-bond donors (Lipinski definition) is 0. The minimum absolute atomic E-state index is 0.0294. The maximum absolute atomic E-state index is 13.0. The number of benzene rings is 2. The van der Waals surface area contributed by atoms with Crippen LogP contribution in [0.1, 0.15) is 30.3 Å². The molecular weight excluding hydrogens is 394 g/mol. The summed E-state index contributed by atoms with van der Waals surface area (Å²) in [6.07, 6.45) is 0.831. The van der Waals surface area contributed by atoms with E-state index in [1.165, 1.54) is 11.8 Å². The van der Waals surface area contributed by atoms with Crippen LogP contribution in [0.25, 0.3) is 16.6 Å². The number of nitrogens with zero attached hydrogens (tertiary/aromatic N) is 5. The van der Waals surface area contributed by atoms with Gasteiger partial charge in [0.1, 0.15) is 6.07 Å². The van der Waals surface area contributed by atoms with E-state index in [1.54, 1.807) is 4.57 Å². The molecule has 0 aliphatic heterocycles. The summed E-state index contributed by atoms with van der Waals surface area (Å²) in [6, 6.07) is 19.5. The van der Waals surface area contributed by atoms with E-state index in [1.807, 2.05) is 73.1 Å². The minimum Gasteiger partial charge on any atom is -0.287 e. The van der Waals surface area contributed by atoms with E-state index in [4.69, 9.17) is 4.98 Å². The van der Waals surface area contributed by atoms with Gasteiger partial charge in [-0.15, -0.1) is 0 Å². The van der Waals surface area contributed by atoms with E-state index >= 15 is 0 Å². The summed E-state index contributed by atoms with van der Waals surface area (Å²) in [4.78, 5) is 17.8. The van der Waals surface area contributed by atoms with Crippen LogP contribution in [-0.4, -0.2) is 19.3 Å². The summed E-state index contributed by atoms with van der Waals surface area (Å²) in [5, 5.41) is 15.6. The third-order valence-electron chi connectivity index (χ3n) is 4.88. The lowest BCUT2D eigenvalue weighted by atomic mass is 10.2. The molecule has 2 aromatic carbocycles. The Hall–Kier alpha value is -3.37. The van der Waals surface area contributed by atoms with Gasteiger partial charge in [0.15, 0.2) is 5.16 Å². The Labute approximate surface area is 178 Å². The third kappa shape index (κ3) is 3.62. The molecule has 0 N–H and O–H groups in total. The highest BCUT2D eigenvalue weighted by Gasteiger charge is 2.18.